The molecule has 1 aliphatic rings. The van der Waals surface area contributed by atoms with Crippen molar-refractivity contribution in [2.24, 2.45) is 10.3 Å². The molecule has 0 aliphatic carbocycles. The second-order valence-corrected chi connectivity index (χ2v) is 5.16. The summed E-state index contributed by atoms with van der Waals surface area (Å²) >= 11 is 0. The Balaban J connectivity index is 2.15. The van der Waals surface area contributed by atoms with Gasteiger partial charge in [0.05, 0.1) is 7.11 Å². The Bertz CT molecular complexity index is 788. The molecule has 2 atom stereocenters. The van der Waals surface area contributed by atoms with Crippen molar-refractivity contribution in [2.75, 3.05) is 7.11 Å². The van der Waals surface area contributed by atoms with Crippen LogP contribution in [0.3, 0.4) is 0 Å². The van der Waals surface area contributed by atoms with Crippen molar-refractivity contribution in [3.05, 3.63) is 48.0 Å². The summed E-state index contributed by atoms with van der Waals surface area (Å²) in [6.45, 7) is 0. The van der Waals surface area contributed by atoms with Crippen LogP contribution in [0.15, 0.2) is 52.8 Å². The molecule has 9 heteroatoms. The Labute approximate surface area is 134 Å². The number of hydrogen-bond donors (Lipinski definition) is 1. The molecular formula is C15H13F3N4O2. The van der Waals surface area contributed by atoms with E-state index in [2.05, 4.69) is 15.1 Å². The van der Waals surface area contributed by atoms with E-state index in [0.29, 0.717) is 16.0 Å². The first-order valence-corrected chi connectivity index (χ1v) is 7.00. The molecule has 0 spiro atoms. The highest BCUT2D eigenvalue weighted by molar-refractivity contribution is 5.86. The number of nitrogens with zero attached hydrogens (tertiary/aromatic N) is 3. The molecule has 1 N–H and O–H groups in total. The zero-order chi connectivity index (χ0) is 17.3. The molecule has 1 aliphatic heterocycles. The molecule has 0 saturated heterocycles. The van der Waals surface area contributed by atoms with Gasteiger partial charge in [-0.15, -0.1) is 0 Å². The molecule has 0 bridgehead atoms. The average molecular weight is 338 g/mol. The molecular weight excluding hydrogens is 325 g/mol. The second-order valence-electron chi connectivity index (χ2n) is 5.16. The minimum absolute atomic E-state index is 0.305. The van der Waals surface area contributed by atoms with Gasteiger partial charge in [-0.25, -0.2) is 4.79 Å². The normalized spacial score (nSPS) is 20.8. The van der Waals surface area contributed by atoms with E-state index in [9.17, 15) is 18.0 Å². The topological polar surface area (TPSA) is 66.3 Å². The van der Waals surface area contributed by atoms with Crippen molar-refractivity contribution < 1.29 is 22.7 Å². The predicted octanol–water partition coefficient (Wildman–Crippen LogP) is 3.77. The van der Waals surface area contributed by atoms with Gasteiger partial charge in [-0.1, -0.05) is 47.7 Å². The number of methoxy groups -OCH3 is 1. The Morgan fingerprint density at radius 1 is 1.21 bits per heavy atom. The van der Waals surface area contributed by atoms with Crippen LogP contribution in [-0.2, 0) is 4.74 Å². The van der Waals surface area contributed by atoms with Crippen LogP contribution < -0.4 is 5.53 Å². The Morgan fingerprint density at radius 3 is 2.62 bits per heavy atom. The van der Waals surface area contributed by atoms with Gasteiger partial charge in [0.15, 0.2) is 6.04 Å². The second kappa shape index (κ2) is 5.99. The van der Waals surface area contributed by atoms with E-state index in [-0.39, 0.29) is 0 Å². The molecule has 2 aromatic carbocycles. The van der Waals surface area contributed by atoms with Crippen LogP contribution in [0.2, 0.25) is 0 Å². The summed E-state index contributed by atoms with van der Waals surface area (Å²) < 4.78 is 45.3. The number of benzene rings is 2. The van der Waals surface area contributed by atoms with Crippen LogP contribution in [0.1, 0.15) is 11.6 Å². The number of rotatable bonds is 1. The number of amides is 1. The lowest BCUT2D eigenvalue weighted by molar-refractivity contribution is -0.197. The summed E-state index contributed by atoms with van der Waals surface area (Å²) in [5, 5.41) is 8.86. The first kappa shape index (κ1) is 16.0. The quantitative estimate of drug-likeness (QED) is 0.861. The third-order valence-corrected chi connectivity index (χ3v) is 3.76. The summed E-state index contributed by atoms with van der Waals surface area (Å²) in [4.78, 5) is 11.7. The van der Waals surface area contributed by atoms with E-state index in [1.54, 1.807) is 42.5 Å². The van der Waals surface area contributed by atoms with Crippen molar-refractivity contribution in [3.63, 3.8) is 0 Å². The number of alkyl halides is 3. The lowest BCUT2D eigenvalue weighted by Crippen LogP contribution is -2.58. The summed E-state index contributed by atoms with van der Waals surface area (Å²) in [6.07, 6.45) is -5.93. The summed E-state index contributed by atoms with van der Waals surface area (Å²) in [5.41, 5.74) is 2.30. The van der Waals surface area contributed by atoms with Crippen molar-refractivity contribution >= 4 is 16.9 Å². The van der Waals surface area contributed by atoms with Crippen molar-refractivity contribution in [2.45, 2.75) is 18.3 Å². The van der Waals surface area contributed by atoms with Crippen LogP contribution in [0.4, 0.5) is 18.0 Å². The highest BCUT2D eigenvalue weighted by Crippen LogP contribution is 2.40. The van der Waals surface area contributed by atoms with Gasteiger partial charge in [0.1, 0.15) is 6.04 Å². The lowest BCUT2D eigenvalue weighted by Gasteiger charge is -2.36. The third-order valence-electron chi connectivity index (χ3n) is 3.76. The number of hydrazine groups is 1. The number of nitrogens with one attached hydrogen (secondary N) is 1. The van der Waals surface area contributed by atoms with E-state index in [0.717, 1.165) is 12.5 Å². The smallest absolute Gasteiger partial charge is 0.430 e. The molecule has 0 fully saturated rings. The molecule has 0 aromatic heterocycles. The van der Waals surface area contributed by atoms with Crippen molar-refractivity contribution in [3.8, 4) is 0 Å². The maximum absolute atomic E-state index is 13.6. The number of carbonyl (C=O) groups excluding carboxylic acids is 1. The van der Waals surface area contributed by atoms with Gasteiger partial charge < -0.3 is 4.74 Å². The fraction of sp³-hybridized carbons (Fsp3) is 0.267. The molecule has 24 heavy (non-hydrogen) atoms. The molecule has 1 amide bonds. The Hall–Kier alpha value is -2.84. The van der Waals surface area contributed by atoms with E-state index in [1.165, 1.54) is 0 Å². The summed E-state index contributed by atoms with van der Waals surface area (Å²) in [7, 11) is 0.996. The number of carbonyl (C=O) groups is 1. The lowest BCUT2D eigenvalue weighted by atomic mass is 9.93. The van der Waals surface area contributed by atoms with Crippen molar-refractivity contribution in [1.29, 1.82) is 0 Å². The van der Waals surface area contributed by atoms with Gasteiger partial charge >= 0.3 is 12.3 Å². The molecule has 2 aromatic rings. The third kappa shape index (κ3) is 2.72. The molecule has 0 saturated carbocycles. The maximum Gasteiger partial charge on any atom is 0.430 e. The molecule has 0 radical (unpaired) electrons. The van der Waals surface area contributed by atoms with Crippen LogP contribution >= 0.6 is 0 Å². The zero-order valence-corrected chi connectivity index (χ0v) is 12.5. The number of fused-ring (bicyclic) bond motifs is 1. The molecule has 2 unspecified atom stereocenters. The van der Waals surface area contributed by atoms with E-state index < -0.39 is 24.4 Å². The van der Waals surface area contributed by atoms with Gasteiger partial charge in [0, 0.05) is 0 Å². The average Bonchev–Trinajstić information content (AvgIpc) is 2.59. The molecule has 1 heterocycles. The zero-order valence-electron chi connectivity index (χ0n) is 12.5. The van der Waals surface area contributed by atoms with E-state index >= 15 is 0 Å². The van der Waals surface area contributed by atoms with Gasteiger partial charge in [-0.05, 0) is 16.3 Å². The van der Waals surface area contributed by atoms with Gasteiger partial charge in [-0.3, -0.25) is 0 Å². The minimum Gasteiger partial charge on any atom is -0.451 e. The highest BCUT2D eigenvalue weighted by Gasteiger charge is 2.53. The maximum atomic E-state index is 13.6. The fourth-order valence-corrected chi connectivity index (χ4v) is 2.72. The largest absolute Gasteiger partial charge is 0.451 e. The predicted molar refractivity (Wildman–Crippen MR) is 78.8 cm³/mol. The minimum atomic E-state index is -4.73. The van der Waals surface area contributed by atoms with Crippen LogP contribution in [-0.4, -0.2) is 30.4 Å². The van der Waals surface area contributed by atoms with Crippen molar-refractivity contribution in [1.82, 2.24) is 10.5 Å². The highest BCUT2D eigenvalue weighted by atomic mass is 19.4. The number of ether oxygens (including phenoxy) is 1. The molecule has 6 nitrogen and oxygen atoms in total. The molecule has 3 rings (SSSR count). The van der Waals surface area contributed by atoms with Crippen LogP contribution in [0, 0.1) is 0 Å². The summed E-state index contributed by atoms with van der Waals surface area (Å²) in [6, 6.07) is 8.34. The first-order valence-electron chi connectivity index (χ1n) is 7.00. The number of hydrogen-bond acceptors (Lipinski definition) is 5. The van der Waals surface area contributed by atoms with Gasteiger partial charge in [0.25, 0.3) is 0 Å². The van der Waals surface area contributed by atoms with Crippen LogP contribution in [0.5, 0.6) is 0 Å². The van der Waals surface area contributed by atoms with Crippen LogP contribution in [0.25, 0.3) is 10.8 Å². The Kier molecular flexibility index (Phi) is 4.00. The first-order chi connectivity index (χ1) is 11.4. The standard InChI is InChI=1S/C15H13F3N4O2/c1-24-14(23)22-13(15(16,17)18)12(19-20-21-22)11-8-4-6-9-5-2-3-7-10(9)11/h2-8,12-13H,1H3,(H,19,21). The monoisotopic (exact) mass is 338 g/mol. The fourth-order valence-electron chi connectivity index (χ4n) is 2.72. The summed E-state index contributed by atoms with van der Waals surface area (Å²) in [5.74, 6) is 0. The van der Waals surface area contributed by atoms with Gasteiger partial charge in [0.2, 0.25) is 0 Å². The SMILES string of the molecule is COC(=O)N1NN=NC(c2cccc3ccccc23)C1C(F)(F)F. The Morgan fingerprint density at radius 2 is 1.92 bits per heavy atom. The van der Waals surface area contributed by atoms with E-state index in [1.807, 2.05) is 5.53 Å². The number of halogens is 3. The van der Waals surface area contributed by atoms with Gasteiger partial charge in [-0.2, -0.15) is 28.8 Å². The van der Waals surface area contributed by atoms with E-state index in [4.69, 9.17) is 0 Å². The molecule has 126 valence electrons.